The van der Waals surface area contributed by atoms with Gasteiger partial charge in [0.1, 0.15) is 0 Å². The number of nitrogens with one attached hydrogen (secondary N) is 1. The largest absolute Gasteiger partial charge is 0.324 e. The molecule has 2 rings (SSSR count). The Morgan fingerprint density at radius 1 is 0.955 bits per heavy atom. The van der Waals surface area contributed by atoms with Crippen LogP contribution in [0.4, 0.5) is 0 Å². The van der Waals surface area contributed by atoms with E-state index >= 15 is 0 Å². The van der Waals surface area contributed by atoms with Crippen LogP contribution in [-0.4, -0.2) is 20.5 Å². The summed E-state index contributed by atoms with van der Waals surface area (Å²) in [5.74, 6) is 0. The standard InChI is InChI=1S/C16H26N2O2S.ClH/c1-10-11(2)13(4)15(14(5)12(10)3)21(19,20)18-9-16(17)7-6-8-16;/h18H,6-9,17H2,1-5H3;1H. The third kappa shape index (κ3) is 3.32. The topological polar surface area (TPSA) is 72.2 Å². The van der Waals surface area contributed by atoms with Crippen LogP contribution in [-0.2, 0) is 10.0 Å². The maximum absolute atomic E-state index is 12.7. The van der Waals surface area contributed by atoms with Crippen LogP contribution in [0.3, 0.4) is 0 Å². The summed E-state index contributed by atoms with van der Waals surface area (Å²) in [6.45, 7) is 10.1. The molecule has 22 heavy (non-hydrogen) atoms. The first-order chi connectivity index (χ1) is 9.59. The second-order valence-corrected chi connectivity index (χ2v) is 8.20. The molecule has 6 heteroatoms. The van der Waals surface area contributed by atoms with Gasteiger partial charge in [-0.05, 0) is 81.7 Å². The van der Waals surface area contributed by atoms with Crippen molar-refractivity contribution in [1.29, 1.82) is 0 Å². The predicted molar refractivity (Wildman–Crippen MR) is 93.3 cm³/mol. The number of sulfonamides is 1. The summed E-state index contributed by atoms with van der Waals surface area (Å²) in [5.41, 5.74) is 10.7. The Kier molecular flexibility index (Phi) is 5.72. The molecule has 1 saturated carbocycles. The van der Waals surface area contributed by atoms with Crippen LogP contribution >= 0.6 is 12.4 Å². The fourth-order valence-corrected chi connectivity index (χ4v) is 4.72. The third-order valence-corrected chi connectivity index (χ3v) is 6.84. The van der Waals surface area contributed by atoms with E-state index in [9.17, 15) is 8.42 Å². The van der Waals surface area contributed by atoms with Gasteiger partial charge in [0.15, 0.2) is 0 Å². The van der Waals surface area contributed by atoms with Crippen LogP contribution in [0, 0.1) is 34.6 Å². The molecule has 0 unspecified atom stereocenters. The highest BCUT2D eigenvalue weighted by atomic mass is 35.5. The summed E-state index contributed by atoms with van der Waals surface area (Å²) in [5, 5.41) is 0. The lowest BCUT2D eigenvalue weighted by Crippen LogP contribution is -2.54. The van der Waals surface area contributed by atoms with Gasteiger partial charge in [-0.15, -0.1) is 12.4 Å². The van der Waals surface area contributed by atoms with Crippen LogP contribution in [0.2, 0.25) is 0 Å². The minimum absolute atomic E-state index is 0. The van der Waals surface area contributed by atoms with Crippen molar-refractivity contribution in [3.05, 3.63) is 27.8 Å². The maximum Gasteiger partial charge on any atom is 0.241 e. The Morgan fingerprint density at radius 3 is 1.73 bits per heavy atom. The first-order valence-electron chi connectivity index (χ1n) is 7.44. The van der Waals surface area contributed by atoms with E-state index in [0.717, 1.165) is 41.5 Å². The molecule has 0 spiro atoms. The molecule has 0 bridgehead atoms. The average Bonchev–Trinajstić information content (AvgIpc) is 2.38. The van der Waals surface area contributed by atoms with Gasteiger partial charge < -0.3 is 5.73 Å². The molecule has 3 N–H and O–H groups in total. The molecule has 0 amide bonds. The van der Waals surface area contributed by atoms with E-state index < -0.39 is 10.0 Å². The number of halogens is 1. The van der Waals surface area contributed by atoms with E-state index in [1.54, 1.807) is 0 Å². The zero-order valence-corrected chi connectivity index (χ0v) is 15.7. The lowest BCUT2D eigenvalue weighted by molar-refractivity contribution is 0.251. The summed E-state index contributed by atoms with van der Waals surface area (Å²) in [4.78, 5) is 0.422. The van der Waals surface area contributed by atoms with Gasteiger partial charge in [0, 0.05) is 12.1 Å². The molecular weight excluding hydrogens is 320 g/mol. The monoisotopic (exact) mass is 346 g/mol. The smallest absolute Gasteiger partial charge is 0.241 e. The zero-order chi connectivity index (χ0) is 16.0. The minimum Gasteiger partial charge on any atom is -0.324 e. The van der Waals surface area contributed by atoms with Crippen molar-refractivity contribution in [2.75, 3.05) is 6.54 Å². The molecule has 0 aromatic heterocycles. The molecule has 0 atom stereocenters. The molecule has 1 aliphatic carbocycles. The molecule has 1 aromatic carbocycles. The highest BCUT2D eigenvalue weighted by molar-refractivity contribution is 7.89. The molecule has 0 radical (unpaired) electrons. The first kappa shape index (κ1) is 19.4. The fourth-order valence-electron chi connectivity index (χ4n) is 2.99. The number of nitrogens with two attached hydrogens (primary N) is 1. The van der Waals surface area contributed by atoms with E-state index in [1.165, 1.54) is 5.56 Å². The van der Waals surface area contributed by atoms with Gasteiger partial charge in [-0.3, -0.25) is 0 Å². The van der Waals surface area contributed by atoms with Gasteiger partial charge in [0.25, 0.3) is 0 Å². The summed E-state index contributed by atoms with van der Waals surface area (Å²) >= 11 is 0. The van der Waals surface area contributed by atoms with Crippen molar-refractivity contribution in [3.63, 3.8) is 0 Å². The van der Waals surface area contributed by atoms with Gasteiger partial charge in [-0.1, -0.05) is 0 Å². The molecular formula is C16H27ClN2O2S. The molecule has 0 heterocycles. The van der Waals surface area contributed by atoms with E-state index in [-0.39, 0.29) is 17.9 Å². The molecule has 1 fully saturated rings. The predicted octanol–water partition coefficient (Wildman–Crippen LogP) is 2.81. The maximum atomic E-state index is 12.7. The molecule has 0 aliphatic heterocycles. The van der Waals surface area contributed by atoms with E-state index in [4.69, 9.17) is 5.73 Å². The van der Waals surface area contributed by atoms with Crippen molar-refractivity contribution >= 4 is 22.4 Å². The number of hydrogen-bond donors (Lipinski definition) is 2. The minimum atomic E-state index is -3.52. The van der Waals surface area contributed by atoms with Crippen LogP contribution < -0.4 is 10.5 Å². The second kappa shape index (κ2) is 6.48. The molecule has 126 valence electrons. The van der Waals surface area contributed by atoms with Crippen molar-refractivity contribution in [1.82, 2.24) is 4.72 Å². The Hall–Kier alpha value is -0.620. The molecule has 0 saturated heterocycles. The highest BCUT2D eigenvalue weighted by Crippen LogP contribution is 2.31. The van der Waals surface area contributed by atoms with Gasteiger partial charge in [-0.2, -0.15) is 0 Å². The van der Waals surface area contributed by atoms with Gasteiger partial charge in [0.05, 0.1) is 4.90 Å². The van der Waals surface area contributed by atoms with Crippen molar-refractivity contribution in [3.8, 4) is 0 Å². The first-order valence-corrected chi connectivity index (χ1v) is 8.93. The molecule has 1 aliphatic rings. The van der Waals surface area contributed by atoms with Gasteiger partial charge >= 0.3 is 0 Å². The summed E-state index contributed by atoms with van der Waals surface area (Å²) in [7, 11) is -3.52. The van der Waals surface area contributed by atoms with Crippen LogP contribution in [0.1, 0.15) is 47.1 Å². The zero-order valence-electron chi connectivity index (χ0n) is 14.0. The Labute approximate surface area is 140 Å². The quantitative estimate of drug-likeness (QED) is 0.880. The van der Waals surface area contributed by atoms with E-state index in [2.05, 4.69) is 4.72 Å². The van der Waals surface area contributed by atoms with E-state index in [0.29, 0.717) is 11.4 Å². The lowest BCUT2D eigenvalue weighted by atomic mass is 9.78. The molecule has 4 nitrogen and oxygen atoms in total. The SMILES string of the molecule is Cc1c(C)c(C)c(S(=O)(=O)NCC2(N)CCC2)c(C)c1C.Cl. The van der Waals surface area contributed by atoms with Crippen molar-refractivity contribution < 1.29 is 8.42 Å². The van der Waals surface area contributed by atoms with Crippen molar-refractivity contribution in [2.24, 2.45) is 5.73 Å². The third-order valence-electron chi connectivity index (χ3n) is 5.16. The fraction of sp³-hybridized carbons (Fsp3) is 0.625. The van der Waals surface area contributed by atoms with Crippen molar-refractivity contribution in [2.45, 2.75) is 64.3 Å². The van der Waals surface area contributed by atoms with Crippen LogP contribution in [0.5, 0.6) is 0 Å². The summed E-state index contributed by atoms with van der Waals surface area (Å²) in [6.07, 6.45) is 2.86. The average molecular weight is 347 g/mol. The van der Waals surface area contributed by atoms with E-state index in [1.807, 2.05) is 34.6 Å². The van der Waals surface area contributed by atoms with Crippen LogP contribution in [0.25, 0.3) is 0 Å². The summed E-state index contributed by atoms with van der Waals surface area (Å²) < 4.78 is 28.1. The Bertz CT molecular complexity index is 651. The lowest BCUT2D eigenvalue weighted by Gasteiger charge is -2.38. The van der Waals surface area contributed by atoms with Gasteiger partial charge in [0.2, 0.25) is 10.0 Å². The second-order valence-electron chi connectivity index (χ2n) is 6.49. The van der Waals surface area contributed by atoms with Crippen LogP contribution in [0.15, 0.2) is 4.90 Å². The number of benzene rings is 1. The summed E-state index contributed by atoms with van der Waals surface area (Å²) in [6, 6.07) is 0. The number of hydrogen-bond acceptors (Lipinski definition) is 3. The Morgan fingerprint density at radius 2 is 1.36 bits per heavy atom. The highest BCUT2D eigenvalue weighted by Gasteiger charge is 2.34. The normalized spacial score (nSPS) is 16.8. The Balaban J connectivity index is 0.00000242. The molecule has 1 aromatic rings. The number of rotatable bonds is 4. The van der Waals surface area contributed by atoms with Gasteiger partial charge in [-0.25, -0.2) is 13.1 Å².